The maximum atomic E-state index is 12.7. The summed E-state index contributed by atoms with van der Waals surface area (Å²) < 4.78 is 1.73. The Morgan fingerprint density at radius 3 is 2.55 bits per heavy atom. The molecule has 2 aromatic carbocycles. The van der Waals surface area contributed by atoms with Gasteiger partial charge in [0, 0.05) is 11.8 Å². The van der Waals surface area contributed by atoms with Gasteiger partial charge in [0.2, 0.25) is 0 Å². The maximum Gasteiger partial charge on any atom is 0.324 e. The Balaban J connectivity index is 1.85. The summed E-state index contributed by atoms with van der Waals surface area (Å²) in [5, 5.41) is 19.8. The zero-order valence-electron chi connectivity index (χ0n) is 17.2. The van der Waals surface area contributed by atoms with Crippen molar-refractivity contribution >= 4 is 17.5 Å². The first-order chi connectivity index (χ1) is 14.0. The lowest BCUT2D eigenvalue weighted by Gasteiger charge is -2.12. The highest BCUT2D eigenvalue weighted by Gasteiger charge is 2.13. The summed E-state index contributed by atoms with van der Waals surface area (Å²) in [7, 11) is 0. The lowest BCUT2D eigenvalue weighted by Crippen LogP contribution is -2.22. The second kappa shape index (κ2) is 9.39. The minimum absolute atomic E-state index is 0.00943. The van der Waals surface area contributed by atoms with E-state index in [2.05, 4.69) is 22.7 Å². The molecule has 0 saturated carbocycles. The van der Waals surface area contributed by atoms with Gasteiger partial charge in [-0.05, 0) is 61.6 Å². The van der Waals surface area contributed by atoms with Crippen LogP contribution in [-0.4, -0.2) is 20.9 Å². The van der Waals surface area contributed by atoms with E-state index in [0.717, 1.165) is 53.0 Å². The molecule has 0 unspecified atom stereocenters. The molecular formula is C23H28N4O2. The van der Waals surface area contributed by atoms with Crippen LogP contribution in [0.4, 0.5) is 16.3 Å². The molecule has 3 N–H and O–H groups in total. The Kier molecular flexibility index (Phi) is 6.67. The summed E-state index contributed by atoms with van der Waals surface area (Å²) in [4.78, 5) is 12.7. The molecule has 3 aromatic rings. The number of aryl methyl sites for hydroxylation is 2. The van der Waals surface area contributed by atoms with Crippen LogP contribution >= 0.6 is 0 Å². The Labute approximate surface area is 171 Å². The zero-order chi connectivity index (χ0) is 20.8. The van der Waals surface area contributed by atoms with Gasteiger partial charge in [-0.25, -0.2) is 9.48 Å². The van der Waals surface area contributed by atoms with Crippen LogP contribution in [0.1, 0.15) is 42.1 Å². The maximum absolute atomic E-state index is 12.7. The van der Waals surface area contributed by atoms with E-state index in [-0.39, 0.29) is 12.6 Å². The fraction of sp³-hybridized carbons (Fsp3) is 0.304. The van der Waals surface area contributed by atoms with Crippen LogP contribution in [0.5, 0.6) is 0 Å². The van der Waals surface area contributed by atoms with Crippen molar-refractivity contribution in [2.24, 2.45) is 0 Å². The number of benzene rings is 2. The van der Waals surface area contributed by atoms with Gasteiger partial charge < -0.3 is 10.4 Å². The molecule has 0 saturated heterocycles. The van der Waals surface area contributed by atoms with Crippen LogP contribution in [0.15, 0.2) is 48.5 Å². The predicted molar refractivity (Wildman–Crippen MR) is 117 cm³/mol. The number of anilines is 2. The van der Waals surface area contributed by atoms with Crippen molar-refractivity contribution in [2.45, 2.75) is 46.6 Å². The molecule has 0 bridgehead atoms. The van der Waals surface area contributed by atoms with Gasteiger partial charge in [-0.15, -0.1) is 0 Å². The van der Waals surface area contributed by atoms with Gasteiger partial charge >= 0.3 is 6.03 Å². The van der Waals surface area contributed by atoms with Crippen molar-refractivity contribution in [3.05, 3.63) is 70.9 Å². The van der Waals surface area contributed by atoms with E-state index in [0.29, 0.717) is 5.82 Å². The van der Waals surface area contributed by atoms with Crippen molar-refractivity contribution in [2.75, 3.05) is 10.6 Å². The fourth-order valence-corrected chi connectivity index (χ4v) is 3.10. The third-order valence-electron chi connectivity index (χ3n) is 5.00. The molecule has 0 aliphatic carbocycles. The van der Waals surface area contributed by atoms with Crippen molar-refractivity contribution < 1.29 is 9.90 Å². The van der Waals surface area contributed by atoms with E-state index in [1.54, 1.807) is 4.68 Å². The molecular weight excluding hydrogens is 364 g/mol. The number of aliphatic hydroxyl groups excluding tert-OH is 1. The summed E-state index contributed by atoms with van der Waals surface area (Å²) >= 11 is 0. The summed E-state index contributed by atoms with van der Waals surface area (Å²) in [6.45, 7) is 6.14. The molecule has 0 spiro atoms. The summed E-state index contributed by atoms with van der Waals surface area (Å²) in [5.41, 5.74) is 5.53. The van der Waals surface area contributed by atoms with E-state index in [4.69, 9.17) is 0 Å². The molecule has 0 fully saturated rings. The van der Waals surface area contributed by atoms with Crippen molar-refractivity contribution in [1.82, 2.24) is 9.78 Å². The van der Waals surface area contributed by atoms with Gasteiger partial charge in [-0.3, -0.25) is 5.32 Å². The molecule has 0 aliphatic rings. The largest absolute Gasteiger partial charge is 0.392 e. The fourth-order valence-electron chi connectivity index (χ4n) is 3.10. The van der Waals surface area contributed by atoms with Gasteiger partial charge in [-0.1, -0.05) is 37.6 Å². The molecule has 1 heterocycles. The number of unbranched alkanes of at least 4 members (excludes halogenated alkanes) is 1. The molecule has 0 atom stereocenters. The average Bonchev–Trinajstić information content (AvgIpc) is 3.12. The van der Waals surface area contributed by atoms with Crippen LogP contribution < -0.4 is 10.6 Å². The second-order valence-corrected chi connectivity index (χ2v) is 7.19. The number of amides is 2. The Bertz CT molecular complexity index is 977. The van der Waals surface area contributed by atoms with Gasteiger partial charge in [0.1, 0.15) is 5.82 Å². The summed E-state index contributed by atoms with van der Waals surface area (Å²) in [5.74, 6) is 0.607. The number of nitrogens with zero attached hydrogens (tertiary/aromatic N) is 2. The van der Waals surface area contributed by atoms with Crippen LogP contribution in [0.25, 0.3) is 5.69 Å². The van der Waals surface area contributed by atoms with E-state index in [1.807, 2.05) is 62.4 Å². The van der Waals surface area contributed by atoms with Crippen LogP contribution in [0.2, 0.25) is 0 Å². The monoisotopic (exact) mass is 392 g/mol. The number of carbonyl (C=O) groups excluding carboxylic acids is 1. The first kappa shape index (κ1) is 20.6. The van der Waals surface area contributed by atoms with Crippen molar-refractivity contribution in [3.8, 4) is 5.69 Å². The molecule has 1 aromatic heterocycles. The first-order valence-corrected chi connectivity index (χ1v) is 9.95. The smallest absolute Gasteiger partial charge is 0.324 e. The van der Waals surface area contributed by atoms with Crippen molar-refractivity contribution in [1.29, 1.82) is 0 Å². The van der Waals surface area contributed by atoms with E-state index < -0.39 is 0 Å². The van der Waals surface area contributed by atoms with Gasteiger partial charge in [0.15, 0.2) is 0 Å². The number of aromatic nitrogens is 2. The number of nitrogens with one attached hydrogen (secondary N) is 2. The molecule has 0 aliphatic heterocycles. The standard InChI is InChI=1S/C23H28N4O2/c1-4-5-8-19-14-22(27(26-19)20-12-10-18(15-28)11-13-20)25-23(29)24-21-9-6-7-16(2)17(21)3/h6-7,9-14,28H,4-5,8,15H2,1-3H3,(H2,24,25,29). The summed E-state index contributed by atoms with van der Waals surface area (Å²) in [6.07, 6.45) is 2.97. The minimum atomic E-state index is -0.311. The number of hydrogen-bond acceptors (Lipinski definition) is 3. The molecule has 6 heteroatoms. The van der Waals surface area contributed by atoms with Gasteiger partial charge in [0.05, 0.1) is 18.0 Å². The third-order valence-corrected chi connectivity index (χ3v) is 5.00. The molecule has 6 nitrogen and oxygen atoms in total. The molecule has 2 amide bonds. The van der Waals surface area contributed by atoms with Gasteiger partial charge in [-0.2, -0.15) is 5.10 Å². The molecule has 0 radical (unpaired) electrons. The normalized spacial score (nSPS) is 10.8. The lowest BCUT2D eigenvalue weighted by atomic mass is 10.1. The molecule has 3 rings (SSSR count). The quantitative estimate of drug-likeness (QED) is 0.531. The lowest BCUT2D eigenvalue weighted by molar-refractivity contribution is 0.262. The molecule has 29 heavy (non-hydrogen) atoms. The Hall–Kier alpha value is -3.12. The highest BCUT2D eigenvalue weighted by molar-refractivity contribution is 6.00. The minimum Gasteiger partial charge on any atom is -0.392 e. The second-order valence-electron chi connectivity index (χ2n) is 7.19. The summed E-state index contributed by atoms with van der Waals surface area (Å²) in [6, 6.07) is 14.9. The first-order valence-electron chi connectivity index (χ1n) is 9.95. The Morgan fingerprint density at radius 2 is 1.86 bits per heavy atom. The van der Waals surface area contributed by atoms with E-state index >= 15 is 0 Å². The van der Waals surface area contributed by atoms with E-state index in [9.17, 15) is 9.90 Å². The number of rotatable bonds is 7. The highest BCUT2D eigenvalue weighted by atomic mass is 16.3. The topological polar surface area (TPSA) is 79.2 Å². The van der Waals surface area contributed by atoms with Crippen molar-refractivity contribution in [3.63, 3.8) is 0 Å². The number of urea groups is 1. The zero-order valence-corrected chi connectivity index (χ0v) is 17.2. The van der Waals surface area contributed by atoms with Gasteiger partial charge in [0.25, 0.3) is 0 Å². The predicted octanol–water partition coefficient (Wildman–Crippen LogP) is 4.97. The highest BCUT2D eigenvalue weighted by Crippen LogP contribution is 2.21. The Morgan fingerprint density at radius 1 is 1.10 bits per heavy atom. The number of hydrogen-bond donors (Lipinski definition) is 3. The van der Waals surface area contributed by atoms with Crippen LogP contribution in [0.3, 0.4) is 0 Å². The van der Waals surface area contributed by atoms with E-state index in [1.165, 1.54) is 0 Å². The van der Waals surface area contributed by atoms with Crippen LogP contribution in [-0.2, 0) is 13.0 Å². The number of carbonyl (C=O) groups is 1. The number of aliphatic hydroxyl groups is 1. The average molecular weight is 393 g/mol. The SMILES string of the molecule is CCCCc1cc(NC(=O)Nc2cccc(C)c2C)n(-c2ccc(CO)cc2)n1. The third kappa shape index (κ3) is 5.03. The molecule has 152 valence electrons. The van der Waals surface area contributed by atoms with Crippen LogP contribution in [0, 0.1) is 13.8 Å².